The largest absolute Gasteiger partial charge is 0.348 e. The van der Waals surface area contributed by atoms with E-state index in [0.717, 1.165) is 21.9 Å². The van der Waals surface area contributed by atoms with Crippen molar-refractivity contribution in [1.82, 2.24) is 5.32 Å². The number of carbonyl (C=O) groups excluding carboxylic acids is 1. The molecule has 68 valence electrons. The summed E-state index contributed by atoms with van der Waals surface area (Å²) in [7, 11) is 0. The highest BCUT2D eigenvalue weighted by Gasteiger charge is 2.20. The zero-order chi connectivity index (χ0) is 9.54. The molecule has 0 radical (unpaired) electrons. The van der Waals surface area contributed by atoms with Gasteiger partial charge in [-0.15, -0.1) is 0 Å². The molecule has 1 aliphatic heterocycles. The van der Waals surface area contributed by atoms with Gasteiger partial charge in [0, 0.05) is 6.54 Å². The highest BCUT2D eigenvalue weighted by Crippen LogP contribution is 2.25. The first-order valence-electron chi connectivity index (χ1n) is 4.65. The molecule has 1 heterocycles. The number of hydrogen-bond acceptors (Lipinski definition) is 1. The Bertz CT molecular complexity index is 531. The molecule has 0 fully saturated rings. The molecule has 0 saturated heterocycles. The molecule has 2 nitrogen and oxygen atoms in total. The highest BCUT2D eigenvalue weighted by molar-refractivity contribution is 6.10. The summed E-state index contributed by atoms with van der Waals surface area (Å²) in [6, 6.07) is 12.1. The van der Waals surface area contributed by atoms with Gasteiger partial charge in [0.05, 0.1) is 5.56 Å². The predicted molar refractivity (Wildman–Crippen MR) is 55.1 cm³/mol. The van der Waals surface area contributed by atoms with Crippen LogP contribution in [0.1, 0.15) is 15.9 Å². The summed E-state index contributed by atoms with van der Waals surface area (Å²) in [6.45, 7) is 0.666. The van der Waals surface area contributed by atoms with E-state index in [2.05, 4.69) is 11.4 Å². The van der Waals surface area contributed by atoms with Crippen molar-refractivity contribution in [1.29, 1.82) is 0 Å². The fourth-order valence-electron chi connectivity index (χ4n) is 2.00. The summed E-state index contributed by atoms with van der Waals surface area (Å²) in [5, 5.41) is 5.02. The molecule has 2 aromatic rings. The molecule has 1 N–H and O–H groups in total. The topological polar surface area (TPSA) is 29.1 Å². The van der Waals surface area contributed by atoms with Crippen molar-refractivity contribution in [2.45, 2.75) is 6.54 Å². The smallest absolute Gasteiger partial charge is 0.252 e. The van der Waals surface area contributed by atoms with E-state index in [1.807, 2.05) is 30.3 Å². The molecule has 0 saturated carbocycles. The second-order valence-electron chi connectivity index (χ2n) is 3.50. The fourth-order valence-corrected chi connectivity index (χ4v) is 2.00. The van der Waals surface area contributed by atoms with E-state index in [1.165, 1.54) is 0 Å². The lowest BCUT2D eigenvalue weighted by atomic mass is 10.0. The number of amides is 1. The molecule has 1 aliphatic rings. The number of fused-ring (bicyclic) bond motifs is 3. The first kappa shape index (κ1) is 7.56. The van der Waals surface area contributed by atoms with Crippen molar-refractivity contribution in [3.8, 4) is 0 Å². The molecule has 0 spiro atoms. The molecule has 0 atom stereocenters. The molecule has 0 unspecified atom stereocenters. The maximum atomic E-state index is 11.6. The maximum Gasteiger partial charge on any atom is 0.252 e. The average Bonchev–Trinajstić information content (AvgIpc) is 2.61. The van der Waals surface area contributed by atoms with E-state index in [1.54, 1.807) is 0 Å². The van der Waals surface area contributed by atoms with Crippen LogP contribution in [0, 0.1) is 0 Å². The van der Waals surface area contributed by atoms with Crippen LogP contribution in [0.2, 0.25) is 0 Å². The van der Waals surface area contributed by atoms with Gasteiger partial charge in [-0.2, -0.15) is 0 Å². The van der Waals surface area contributed by atoms with Crippen molar-refractivity contribution < 1.29 is 4.79 Å². The molecule has 14 heavy (non-hydrogen) atoms. The third-order valence-corrected chi connectivity index (χ3v) is 2.68. The van der Waals surface area contributed by atoms with Crippen molar-refractivity contribution in [3.63, 3.8) is 0 Å². The third-order valence-electron chi connectivity index (χ3n) is 2.68. The lowest BCUT2D eigenvalue weighted by molar-refractivity contribution is 0.0967. The second kappa shape index (κ2) is 2.58. The monoisotopic (exact) mass is 183 g/mol. The van der Waals surface area contributed by atoms with Crippen LogP contribution >= 0.6 is 0 Å². The highest BCUT2D eigenvalue weighted by atomic mass is 16.1. The summed E-state index contributed by atoms with van der Waals surface area (Å²) in [5.41, 5.74) is 1.96. The van der Waals surface area contributed by atoms with E-state index in [-0.39, 0.29) is 5.91 Å². The predicted octanol–water partition coefficient (Wildman–Crippen LogP) is 2.08. The van der Waals surface area contributed by atoms with E-state index in [4.69, 9.17) is 0 Å². The van der Waals surface area contributed by atoms with E-state index in [0.29, 0.717) is 6.54 Å². The number of benzene rings is 2. The molecule has 0 aliphatic carbocycles. The van der Waals surface area contributed by atoms with Crippen molar-refractivity contribution >= 4 is 16.7 Å². The maximum absolute atomic E-state index is 11.6. The Balaban J connectivity index is 2.47. The fraction of sp³-hybridized carbons (Fsp3) is 0.0833. The van der Waals surface area contributed by atoms with Crippen molar-refractivity contribution in [2.75, 3.05) is 0 Å². The van der Waals surface area contributed by atoms with Gasteiger partial charge in [0.2, 0.25) is 0 Å². The van der Waals surface area contributed by atoms with Crippen LogP contribution in [0.15, 0.2) is 36.4 Å². The number of hydrogen-bond donors (Lipinski definition) is 1. The number of nitrogens with one attached hydrogen (secondary N) is 1. The van der Waals surface area contributed by atoms with Crippen LogP contribution in [-0.2, 0) is 6.54 Å². The van der Waals surface area contributed by atoms with Gasteiger partial charge in [-0.1, -0.05) is 36.4 Å². The Hall–Kier alpha value is -1.83. The quantitative estimate of drug-likeness (QED) is 0.665. The molecular weight excluding hydrogens is 174 g/mol. The van der Waals surface area contributed by atoms with Crippen LogP contribution in [0.5, 0.6) is 0 Å². The van der Waals surface area contributed by atoms with Gasteiger partial charge in [0.25, 0.3) is 5.91 Å². The zero-order valence-corrected chi connectivity index (χ0v) is 7.58. The van der Waals surface area contributed by atoms with Crippen LogP contribution in [0.3, 0.4) is 0 Å². The Morgan fingerprint density at radius 1 is 1.07 bits per heavy atom. The van der Waals surface area contributed by atoms with Crippen LogP contribution < -0.4 is 5.32 Å². The van der Waals surface area contributed by atoms with E-state index in [9.17, 15) is 4.79 Å². The summed E-state index contributed by atoms with van der Waals surface area (Å²) < 4.78 is 0. The Kier molecular flexibility index (Phi) is 1.39. The molecule has 2 aromatic carbocycles. The summed E-state index contributed by atoms with van der Waals surface area (Å²) in [4.78, 5) is 11.6. The van der Waals surface area contributed by atoms with Gasteiger partial charge < -0.3 is 5.32 Å². The van der Waals surface area contributed by atoms with Crippen molar-refractivity contribution in [2.24, 2.45) is 0 Å². The molecule has 0 bridgehead atoms. The second-order valence-corrected chi connectivity index (χ2v) is 3.50. The normalized spacial score (nSPS) is 14.1. The average molecular weight is 183 g/mol. The lowest BCUT2D eigenvalue weighted by Gasteiger charge is -2.01. The van der Waals surface area contributed by atoms with Gasteiger partial charge >= 0.3 is 0 Å². The summed E-state index contributed by atoms with van der Waals surface area (Å²) >= 11 is 0. The molecular formula is C12H9NO. The third kappa shape index (κ3) is 0.880. The lowest BCUT2D eigenvalue weighted by Crippen LogP contribution is -2.12. The molecule has 1 amide bonds. The van der Waals surface area contributed by atoms with Gasteiger partial charge in [-0.25, -0.2) is 0 Å². The molecule has 2 heteroatoms. The van der Waals surface area contributed by atoms with Gasteiger partial charge in [0.15, 0.2) is 0 Å². The minimum absolute atomic E-state index is 0.0526. The van der Waals surface area contributed by atoms with E-state index < -0.39 is 0 Å². The Morgan fingerprint density at radius 3 is 2.86 bits per heavy atom. The minimum atomic E-state index is 0.0526. The molecule has 3 rings (SSSR count). The molecule has 0 aromatic heterocycles. The van der Waals surface area contributed by atoms with Gasteiger partial charge in [-0.3, -0.25) is 4.79 Å². The van der Waals surface area contributed by atoms with Gasteiger partial charge in [-0.05, 0) is 16.3 Å². The first-order chi connectivity index (χ1) is 6.86. The van der Waals surface area contributed by atoms with Crippen LogP contribution in [-0.4, -0.2) is 5.91 Å². The van der Waals surface area contributed by atoms with Crippen LogP contribution in [0.4, 0.5) is 0 Å². The van der Waals surface area contributed by atoms with Crippen molar-refractivity contribution in [3.05, 3.63) is 47.5 Å². The van der Waals surface area contributed by atoms with E-state index >= 15 is 0 Å². The number of rotatable bonds is 0. The Morgan fingerprint density at radius 2 is 1.93 bits per heavy atom. The standard InChI is InChI=1S/C12H9NO/c14-12-11-9(7-13-12)6-5-8-3-1-2-4-10(8)11/h1-6H,7H2,(H,13,14). The SMILES string of the molecule is O=C1NCc2ccc3ccccc3c21. The summed E-state index contributed by atoms with van der Waals surface area (Å²) in [5.74, 6) is 0.0526. The first-order valence-corrected chi connectivity index (χ1v) is 4.65. The Labute approximate surface area is 81.5 Å². The zero-order valence-electron chi connectivity index (χ0n) is 7.58. The van der Waals surface area contributed by atoms with Crippen LogP contribution in [0.25, 0.3) is 10.8 Å². The summed E-state index contributed by atoms with van der Waals surface area (Å²) in [6.07, 6.45) is 0. The number of carbonyl (C=O) groups is 1. The van der Waals surface area contributed by atoms with Gasteiger partial charge in [0.1, 0.15) is 0 Å². The minimum Gasteiger partial charge on any atom is -0.348 e.